The van der Waals surface area contributed by atoms with Crippen LogP contribution >= 0.6 is 11.3 Å². The van der Waals surface area contributed by atoms with Crippen molar-refractivity contribution in [3.05, 3.63) is 96.6 Å². The molecule has 33 heavy (non-hydrogen) atoms. The predicted octanol–water partition coefficient (Wildman–Crippen LogP) is 6.60. The van der Waals surface area contributed by atoms with Crippen molar-refractivity contribution in [1.82, 2.24) is 0 Å². The SMILES string of the molecule is O=C(Nc1cc(-c2ccccc2)ccc1O)c1c(-c2ccc(O)cc2)sc2cc(O)ccc12. The van der Waals surface area contributed by atoms with E-state index in [0.29, 0.717) is 21.5 Å². The number of amides is 1. The molecular weight excluding hydrogens is 434 g/mol. The summed E-state index contributed by atoms with van der Waals surface area (Å²) >= 11 is 1.38. The van der Waals surface area contributed by atoms with Gasteiger partial charge in [-0.15, -0.1) is 11.3 Å². The van der Waals surface area contributed by atoms with E-state index in [1.165, 1.54) is 11.3 Å². The van der Waals surface area contributed by atoms with Gasteiger partial charge in [-0.25, -0.2) is 0 Å². The monoisotopic (exact) mass is 453 g/mol. The van der Waals surface area contributed by atoms with E-state index in [1.54, 1.807) is 60.7 Å². The van der Waals surface area contributed by atoms with Crippen LogP contribution in [0.1, 0.15) is 10.4 Å². The Kier molecular flexibility index (Phi) is 5.20. The molecular formula is C27H19NO4S. The number of hydrogen-bond acceptors (Lipinski definition) is 5. The summed E-state index contributed by atoms with van der Waals surface area (Å²) in [5, 5.41) is 33.6. The van der Waals surface area contributed by atoms with Gasteiger partial charge in [0, 0.05) is 15.0 Å². The van der Waals surface area contributed by atoms with Gasteiger partial charge in [0.05, 0.1) is 11.3 Å². The molecule has 4 N–H and O–H groups in total. The number of benzene rings is 4. The lowest BCUT2D eigenvalue weighted by Gasteiger charge is -2.11. The van der Waals surface area contributed by atoms with Crippen LogP contribution in [0.4, 0.5) is 5.69 Å². The average molecular weight is 454 g/mol. The van der Waals surface area contributed by atoms with E-state index in [-0.39, 0.29) is 23.2 Å². The van der Waals surface area contributed by atoms with Crippen molar-refractivity contribution in [1.29, 1.82) is 0 Å². The van der Waals surface area contributed by atoms with Crippen molar-refractivity contribution in [2.24, 2.45) is 0 Å². The number of rotatable bonds is 4. The Hall–Kier alpha value is -4.29. The van der Waals surface area contributed by atoms with Gasteiger partial charge in [0.15, 0.2) is 0 Å². The number of nitrogens with one attached hydrogen (secondary N) is 1. The van der Waals surface area contributed by atoms with Crippen molar-refractivity contribution < 1.29 is 20.1 Å². The molecule has 1 aromatic heterocycles. The molecule has 0 radical (unpaired) electrons. The third-order valence-electron chi connectivity index (χ3n) is 5.38. The lowest BCUT2D eigenvalue weighted by atomic mass is 10.0. The summed E-state index contributed by atoms with van der Waals surface area (Å²) in [6, 6.07) is 26.3. The van der Waals surface area contributed by atoms with Crippen LogP contribution in [-0.4, -0.2) is 21.2 Å². The van der Waals surface area contributed by atoms with Gasteiger partial charge in [-0.2, -0.15) is 0 Å². The molecule has 0 bridgehead atoms. The predicted molar refractivity (Wildman–Crippen MR) is 132 cm³/mol. The molecule has 1 amide bonds. The molecule has 4 aromatic carbocycles. The number of phenolic OH excluding ortho intramolecular Hbond substituents is 3. The Morgan fingerprint density at radius 2 is 1.39 bits per heavy atom. The van der Waals surface area contributed by atoms with Gasteiger partial charge < -0.3 is 20.6 Å². The summed E-state index contributed by atoms with van der Waals surface area (Å²) < 4.78 is 0.755. The average Bonchev–Trinajstić information content (AvgIpc) is 3.20. The standard InChI is InChI=1S/C27H19NO4S/c29-19-9-6-17(7-10-19)26-25(21-12-11-20(30)15-24(21)33-26)27(32)28-22-14-18(8-13-23(22)31)16-4-2-1-3-5-16/h1-15,29-31H,(H,28,32). The molecule has 0 fully saturated rings. The second kappa shape index (κ2) is 8.33. The van der Waals surface area contributed by atoms with E-state index in [2.05, 4.69) is 5.32 Å². The number of anilines is 1. The second-order valence-corrected chi connectivity index (χ2v) is 8.64. The number of carbonyl (C=O) groups is 1. The molecule has 0 saturated carbocycles. The maximum atomic E-state index is 13.5. The second-order valence-electron chi connectivity index (χ2n) is 7.59. The molecule has 5 nitrogen and oxygen atoms in total. The summed E-state index contributed by atoms with van der Waals surface area (Å²) in [7, 11) is 0. The number of aromatic hydroxyl groups is 3. The molecule has 1 heterocycles. The lowest BCUT2D eigenvalue weighted by Crippen LogP contribution is -2.12. The van der Waals surface area contributed by atoms with Crippen molar-refractivity contribution >= 4 is 33.0 Å². The maximum absolute atomic E-state index is 13.5. The minimum Gasteiger partial charge on any atom is -0.508 e. The van der Waals surface area contributed by atoms with Crippen LogP contribution in [0.5, 0.6) is 17.2 Å². The van der Waals surface area contributed by atoms with Crippen LogP contribution in [0.3, 0.4) is 0 Å². The molecule has 0 aliphatic carbocycles. The van der Waals surface area contributed by atoms with E-state index >= 15 is 0 Å². The molecule has 0 unspecified atom stereocenters. The first-order chi connectivity index (χ1) is 16.0. The van der Waals surface area contributed by atoms with Gasteiger partial charge in [0.25, 0.3) is 5.91 Å². The van der Waals surface area contributed by atoms with Gasteiger partial charge in [-0.3, -0.25) is 4.79 Å². The Balaban J connectivity index is 1.59. The van der Waals surface area contributed by atoms with E-state index in [4.69, 9.17) is 0 Å². The van der Waals surface area contributed by atoms with E-state index < -0.39 is 0 Å². The number of carbonyl (C=O) groups excluding carboxylic acids is 1. The number of hydrogen-bond donors (Lipinski definition) is 4. The molecule has 5 rings (SSSR count). The quantitative estimate of drug-likeness (QED) is 0.231. The zero-order chi connectivity index (χ0) is 22.9. The van der Waals surface area contributed by atoms with Crippen LogP contribution in [0.2, 0.25) is 0 Å². The fourth-order valence-electron chi connectivity index (χ4n) is 3.76. The normalized spacial score (nSPS) is 10.9. The van der Waals surface area contributed by atoms with Gasteiger partial charge in [-0.05, 0) is 71.3 Å². The van der Waals surface area contributed by atoms with Gasteiger partial charge in [0.2, 0.25) is 0 Å². The Morgan fingerprint density at radius 3 is 2.15 bits per heavy atom. The highest BCUT2D eigenvalue weighted by Gasteiger charge is 2.22. The molecule has 0 aliphatic rings. The highest BCUT2D eigenvalue weighted by atomic mass is 32.1. The van der Waals surface area contributed by atoms with Crippen LogP contribution < -0.4 is 5.32 Å². The first-order valence-corrected chi connectivity index (χ1v) is 11.1. The molecule has 6 heteroatoms. The van der Waals surface area contributed by atoms with Gasteiger partial charge in [-0.1, -0.05) is 36.4 Å². The largest absolute Gasteiger partial charge is 0.508 e. The summed E-state index contributed by atoms with van der Waals surface area (Å²) in [6.07, 6.45) is 0. The minimum absolute atomic E-state index is 0.0357. The fourth-order valence-corrected chi connectivity index (χ4v) is 5.00. The van der Waals surface area contributed by atoms with E-state index in [0.717, 1.165) is 21.4 Å². The molecule has 162 valence electrons. The third kappa shape index (κ3) is 4.00. The number of fused-ring (bicyclic) bond motifs is 1. The Bertz CT molecular complexity index is 1470. The highest BCUT2D eigenvalue weighted by molar-refractivity contribution is 7.22. The fraction of sp³-hybridized carbons (Fsp3) is 0. The molecule has 0 spiro atoms. The van der Waals surface area contributed by atoms with Crippen molar-refractivity contribution in [2.75, 3.05) is 5.32 Å². The summed E-state index contributed by atoms with van der Waals surface area (Å²) in [4.78, 5) is 14.2. The lowest BCUT2D eigenvalue weighted by molar-refractivity contribution is 0.102. The van der Waals surface area contributed by atoms with Crippen LogP contribution in [0, 0.1) is 0 Å². The van der Waals surface area contributed by atoms with Gasteiger partial charge >= 0.3 is 0 Å². The molecule has 0 atom stereocenters. The topological polar surface area (TPSA) is 89.8 Å². The summed E-state index contributed by atoms with van der Waals surface area (Å²) in [5.74, 6) is -0.172. The summed E-state index contributed by atoms with van der Waals surface area (Å²) in [5.41, 5.74) is 3.33. The van der Waals surface area contributed by atoms with Crippen molar-refractivity contribution in [3.8, 4) is 38.8 Å². The highest BCUT2D eigenvalue weighted by Crippen LogP contribution is 2.41. The minimum atomic E-state index is -0.379. The van der Waals surface area contributed by atoms with Crippen LogP contribution in [0.15, 0.2) is 91.0 Å². The van der Waals surface area contributed by atoms with E-state index in [9.17, 15) is 20.1 Å². The summed E-state index contributed by atoms with van der Waals surface area (Å²) in [6.45, 7) is 0. The van der Waals surface area contributed by atoms with Crippen molar-refractivity contribution in [2.45, 2.75) is 0 Å². The zero-order valence-corrected chi connectivity index (χ0v) is 18.1. The van der Waals surface area contributed by atoms with Crippen LogP contribution in [0.25, 0.3) is 31.7 Å². The molecule has 5 aromatic rings. The Labute approximate surface area is 193 Å². The molecule has 0 aliphatic heterocycles. The number of thiophene rings is 1. The Morgan fingerprint density at radius 1 is 0.697 bits per heavy atom. The smallest absolute Gasteiger partial charge is 0.257 e. The molecule has 0 saturated heterocycles. The third-order valence-corrected chi connectivity index (χ3v) is 6.58. The van der Waals surface area contributed by atoms with E-state index in [1.807, 2.05) is 30.3 Å². The maximum Gasteiger partial charge on any atom is 0.257 e. The zero-order valence-electron chi connectivity index (χ0n) is 17.3. The first kappa shape index (κ1) is 20.6. The van der Waals surface area contributed by atoms with Gasteiger partial charge in [0.1, 0.15) is 17.2 Å². The first-order valence-electron chi connectivity index (χ1n) is 10.2. The van der Waals surface area contributed by atoms with Crippen molar-refractivity contribution in [3.63, 3.8) is 0 Å². The number of phenols is 3. The van der Waals surface area contributed by atoms with Crippen LogP contribution in [-0.2, 0) is 0 Å².